The van der Waals surface area contributed by atoms with E-state index in [1.807, 2.05) is 0 Å². The van der Waals surface area contributed by atoms with Gasteiger partial charge in [0.05, 0.1) is 18.8 Å². The predicted molar refractivity (Wildman–Crippen MR) is 87.0 cm³/mol. The van der Waals surface area contributed by atoms with Gasteiger partial charge in [-0.3, -0.25) is 4.79 Å². The van der Waals surface area contributed by atoms with Crippen LogP contribution in [0.2, 0.25) is 0 Å². The first kappa shape index (κ1) is 19.1. The highest BCUT2D eigenvalue weighted by Gasteiger charge is 2.30. The number of pyridine rings is 1. The third kappa shape index (κ3) is 4.92. The molecule has 0 saturated carbocycles. The summed E-state index contributed by atoms with van der Waals surface area (Å²) in [7, 11) is 0. The highest BCUT2D eigenvalue weighted by molar-refractivity contribution is 5.95. The second kappa shape index (κ2) is 7.89. The number of rotatable bonds is 4. The van der Waals surface area contributed by atoms with Crippen molar-refractivity contribution in [2.24, 2.45) is 0 Å². The lowest BCUT2D eigenvalue weighted by Gasteiger charge is -2.22. The van der Waals surface area contributed by atoms with E-state index >= 15 is 0 Å². The van der Waals surface area contributed by atoms with Crippen LogP contribution in [0.4, 0.5) is 23.2 Å². The third-order valence-corrected chi connectivity index (χ3v) is 3.72. The second-order valence-electron chi connectivity index (χ2n) is 5.70. The van der Waals surface area contributed by atoms with Gasteiger partial charge in [-0.2, -0.15) is 13.2 Å². The summed E-state index contributed by atoms with van der Waals surface area (Å²) in [6.45, 7) is 1.27. The summed E-state index contributed by atoms with van der Waals surface area (Å²) in [4.78, 5) is 15.6. The maximum atomic E-state index is 14.2. The number of benzene rings is 1. The zero-order valence-electron chi connectivity index (χ0n) is 13.8. The highest BCUT2D eigenvalue weighted by Crippen LogP contribution is 2.31. The Labute approximate surface area is 151 Å². The quantitative estimate of drug-likeness (QED) is 0.792. The molecule has 1 fully saturated rings. The Kier molecular flexibility index (Phi) is 5.57. The number of halogens is 4. The Bertz CT molecular complexity index is 806. The molecule has 6 nitrogen and oxygen atoms in total. The fourth-order valence-corrected chi connectivity index (χ4v) is 2.35. The van der Waals surface area contributed by atoms with Crippen molar-refractivity contribution in [1.29, 1.82) is 0 Å². The average Bonchev–Trinajstić information content (AvgIpc) is 2.64. The lowest BCUT2D eigenvalue weighted by molar-refractivity contribution is -0.137. The monoisotopic (exact) mass is 385 g/mol. The number of nitrogens with zero attached hydrogens (tertiary/aromatic N) is 1. The number of carbonyl (C=O) groups excluding carboxylic acids is 1. The van der Waals surface area contributed by atoms with Gasteiger partial charge in [-0.05, 0) is 18.2 Å². The van der Waals surface area contributed by atoms with Crippen LogP contribution in [0.3, 0.4) is 0 Å². The fourth-order valence-electron chi connectivity index (χ4n) is 2.35. The van der Waals surface area contributed by atoms with E-state index < -0.39 is 23.6 Å². The topological polar surface area (TPSA) is 72.5 Å². The first-order valence-electron chi connectivity index (χ1n) is 7.95. The summed E-state index contributed by atoms with van der Waals surface area (Å²) in [5, 5.41) is 5.52. The van der Waals surface area contributed by atoms with Crippen molar-refractivity contribution in [2.75, 3.05) is 25.1 Å². The van der Waals surface area contributed by atoms with E-state index in [9.17, 15) is 22.4 Å². The molecule has 1 aliphatic rings. The first-order chi connectivity index (χ1) is 12.8. The number of morpholine rings is 1. The number of carbonyl (C=O) groups is 1. The highest BCUT2D eigenvalue weighted by atomic mass is 19.4. The summed E-state index contributed by atoms with van der Waals surface area (Å²) in [6.07, 6.45) is -3.92. The minimum Gasteiger partial charge on any atom is -0.436 e. The molecule has 1 aliphatic heterocycles. The minimum atomic E-state index is -4.52. The van der Waals surface area contributed by atoms with Crippen LogP contribution in [-0.2, 0) is 15.7 Å². The Morgan fingerprint density at radius 2 is 2.11 bits per heavy atom. The van der Waals surface area contributed by atoms with Crippen molar-refractivity contribution in [3.05, 3.63) is 47.9 Å². The first-order valence-corrected chi connectivity index (χ1v) is 7.95. The van der Waals surface area contributed by atoms with Gasteiger partial charge in [-0.15, -0.1) is 0 Å². The Morgan fingerprint density at radius 3 is 2.70 bits per heavy atom. The number of anilines is 1. The van der Waals surface area contributed by atoms with Crippen molar-refractivity contribution in [3.63, 3.8) is 0 Å². The Hall–Kier alpha value is -2.72. The van der Waals surface area contributed by atoms with Crippen LogP contribution in [0.1, 0.15) is 5.56 Å². The van der Waals surface area contributed by atoms with Gasteiger partial charge in [0, 0.05) is 30.6 Å². The van der Waals surface area contributed by atoms with Gasteiger partial charge >= 0.3 is 6.18 Å². The predicted octanol–water partition coefficient (Wildman–Crippen LogP) is 2.96. The minimum absolute atomic E-state index is 0.192. The molecule has 0 bridgehead atoms. The van der Waals surface area contributed by atoms with Crippen molar-refractivity contribution < 1.29 is 31.8 Å². The zero-order chi connectivity index (χ0) is 19.4. The molecule has 2 heterocycles. The summed E-state index contributed by atoms with van der Waals surface area (Å²) in [5.41, 5.74) is -0.730. The molecule has 144 valence electrons. The molecule has 1 aromatic carbocycles. The van der Waals surface area contributed by atoms with E-state index in [1.165, 1.54) is 12.1 Å². The van der Waals surface area contributed by atoms with Gasteiger partial charge < -0.3 is 20.1 Å². The lowest BCUT2D eigenvalue weighted by Crippen LogP contribution is -2.48. The molecule has 0 spiro atoms. The molecule has 1 saturated heterocycles. The number of hydrogen-bond donors (Lipinski definition) is 2. The van der Waals surface area contributed by atoms with Crippen LogP contribution in [0.5, 0.6) is 11.6 Å². The van der Waals surface area contributed by atoms with Crippen molar-refractivity contribution >= 4 is 11.6 Å². The SMILES string of the molecule is O=C(Nc1ccc(Oc2ccc(C(F)(F)F)cn2)c(F)c1)C1COCCN1. The Balaban J connectivity index is 1.65. The van der Waals surface area contributed by atoms with Gasteiger partial charge in [0.2, 0.25) is 11.8 Å². The van der Waals surface area contributed by atoms with Crippen molar-refractivity contribution in [1.82, 2.24) is 10.3 Å². The van der Waals surface area contributed by atoms with Crippen LogP contribution >= 0.6 is 0 Å². The molecule has 1 aromatic heterocycles. The zero-order valence-corrected chi connectivity index (χ0v) is 13.8. The van der Waals surface area contributed by atoms with Gasteiger partial charge in [0.25, 0.3) is 0 Å². The van der Waals surface area contributed by atoms with E-state index in [0.717, 1.165) is 18.2 Å². The second-order valence-corrected chi connectivity index (χ2v) is 5.70. The largest absolute Gasteiger partial charge is 0.436 e. The maximum Gasteiger partial charge on any atom is 0.417 e. The fraction of sp³-hybridized carbons (Fsp3) is 0.294. The molecular weight excluding hydrogens is 370 g/mol. The molecule has 27 heavy (non-hydrogen) atoms. The van der Waals surface area contributed by atoms with Crippen LogP contribution in [0.25, 0.3) is 0 Å². The van der Waals surface area contributed by atoms with Gasteiger partial charge in [0.1, 0.15) is 6.04 Å². The molecule has 3 rings (SSSR count). The van der Waals surface area contributed by atoms with Crippen molar-refractivity contribution in [3.8, 4) is 11.6 Å². The normalized spacial score (nSPS) is 17.4. The summed E-state index contributed by atoms with van der Waals surface area (Å²) < 4.78 is 62.0. The molecule has 1 unspecified atom stereocenters. The number of alkyl halides is 3. The molecule has 2 N–H and O–H groups in total. The van der Waals surface area contributed by atoms with Gasteiger partial charge in [0.15, 0.2) is 11.6 Å². The number of amides is 1. The van der Waals surface area contributed by atoms with Crippen LogP contribution in [0.15, 0.2) is 36.5 Å². The summed E-state index contributed by atoms with van der Waals surface area (Å²) >= 11 is 0. The number of aromatic nitrogens is 1. The van der Waals surface area contributed by atoms with Gasteiger partial charge in [-0.25, -0.2) is 9.37 Å². The van der Waals surface area contributed by atoms with E-state index in [0.29, 0.717) is 19.3 Å². The van der Waals surface area contributed by atoms with E-state index in [4.69, 9.17) is 9.47 Å². The molecule has 1 amide bonds. The summed E-state index contributed by atoms with van der Waals surface area (Å²) in [5.74, 6) is -1.60. The molecule has 1 atom stereocenters. The van der Waals surface area contributed by atoms with Crippen LogP contribution in [0, 0.1) is 5.82 Å². The molecule has 0 radical (unpaired) electrons. The number of hydrogen-bond acceptors (Lipinski definition) is 5. The smallest absolute Gasteiger partial charge is 0.417 e. The maximum absolute atomic E-state index is 14.2. The Morgan fingerprint density at radius 1 is 1.30 bits per heavy atom. The molecule has 10 heteroatoms. The summed E-state index contributed by atoms with van der Waals surface area (Å²) in [6, 6.07) is 4.94. The number of nitrogens with one attached hydrogen (secondary N) is 2. The molecular formula is C17H15F4N3O3. The molecule has 2 aromatic rings. The van der Waals surface area contributed by atoms with E-state index in [2.05, 4.69) is 15.6 Å². The standard InChI is InChI=1S/C17H15F4N3O3/c18-12-7-11(24-16(25)13-9-26-6-5-22-13)2-3-14(12)27-15-4-1-10(8-23-15)17(19,20)21/h1-4,7-8,13,22H,5-6,9H2,(H,24,25). The average molecular weight is 385 g/mol. The van der Waals surface area contributed by atoms with E-state index in [-0.39, 0.29) is 29.8 Å². The van der Waals surface area contributed by atoms with Crippen LogP contribution in [-0.4, -0.2) is 36.7 Å². The number of ether oxygens (including phenoxy) is 2. The lowest BCUT2D eigenvalue weighted by atomic mass is 10.2. The van der Waals surface area contributed by atoms with Crippen molar-refractivity contribution in [2.45, 2.75) is 12.2 Å². The molecule has 0 aliphatic carbocycles. The van der Waals surface area contributed by atoms with E-state index in [1.54, 1.807) is 0 Å². The third-order valence-electron chi connectivity index (χ3n) is 3.72. The van der Waals surface area contributed by atoms with Gasteiger partial charge in [-0.1, -0.05) is 0 Å². The van der Waals surface area contributed by atoms with Crippen LogP contribution < -0.4 is 15.4 Å².